The number of nitrogens with zero attached hydrogens (tertiary/aromatic N) is 2. The van der Waals surface area contributed by atoms with Crippen molar-refractivity contribution in [1.82, 2.24) is 14.9 Å². The number of carbonyl (C=O) groups is 1. The van der Waals surface area contributed by atoms with Crippen molar-refractivity contribution in [2.75, 3.05) is 19.4 Å². The molecular weight excluding hydrogens is 262 g/mol. The number of rotatable bonds is 8. The van der Waals surface area contributed by atoms with Gasteiger partial charge in [-0.25, -0.2) is 4.98 Å². The van der Waals surface area contributed by atoms with E-state index < -0.39 is 5.54 Å². The van der Waals surface area contributed by atoms with Crippen LogP contribution in [0.4, 0.5) is 0 Å². The van der Waals surface area contributed by atoms with Gasteiger partial charge in [-0.2, -0.15) is 0 Å². The zero-order chi connectivity index (χ0) is 14.3. The number of hydrogen-bond donors (Lipinski definition) is 1. The summed E-state index contributed by atoms with van der Waals surface area (Å²) in [5.41, 5.74) is -0.622. The highest BCUT2D eigenvalue weighted by Crippen LogP contribution is 2.21. The summed E-state index contributed by atoms with van der Waals surface area (Å²) in [5.74, 6) is 0.606. The van der Waals surface area contributed by atoms with Crippen LogP contribution in [0.5, 0.6) is 0 Å². The number of imidazole rings is 1. The van der Waals surface area contributed by atoms with Crippen molar-refractivity contribution in [2.45, 2.75) is 37.4 Å². The highest BCUT2D eigenvalue weighted by Gasteiger charge is 2.33. The number of carbonyl (C=O) groups excluding carboxylic acids is 1. The molecule has 0 bridgehead atoms. The second kappa shape index (κ2) is 7.55. The highest BCUT2D eigenvalue weighted by atomic mass is 32.2. The topological polar surface area (TPSA) is 56.2 Å². The van der Waals surface area contributed by atoms with Gasteiger partial charge in [0.1, 0.15) is 5.54 Å². The molecule has 0 aliphatic carbocycles. The van der Waals surface area contributed by atoms with E-state index in [1.54, 1.807) is 18.0 Å². The maximum absolute atomic E-state index is 11.9. The molecule has 1 heterocycles. The van der Waals surface area contributed by atoms with Gasteiger partial charge in [-0.05, 0) is 26.3 Å². The van der Waals surface area contributed by atoms with Crippen molar-refractivity contribution in [3.63, 3.8) is 0 Å². The maximum atomic E-state index is 11.9. The highest BCUT2D eigenvalue weighted by molar-refractivity contribution is 7.99. The number of hydrogen-bond acceptors (Lipinski definition) is 5. The third-order valence-corrected chi connectivity index (χ3v) is 4.07. The Bertz CT molecular complexity index is 408. The van der Waals surface area contributed by atoms with E-state index in [4.69, 9.17) is 4.74 Å². The number of methoxy groups -OCH3 is 1. The molecule has 6 heteroatoms. The minimum atomic E-state index is -0.622. The summed E-state index contributed by atoms with van der Waals surface area (Å²) in [6.07, 6.45) is 5.38. The Labute approximate surface area is 119 Å². The Morgan fingerprint density at radius 1 is 1.63 bits per heavy atom. The third kappa shape index (κ3) is 4.54. The van der Waals surface area contributed by atoms with E-state index in [2.05, 4.69) is 17.2 Å². The molecule has 0 amide bonds. The van der Waals surface area contributed by atoms with Crippen LogP contribution in [-0.2, 0) is 16.6 Å². The first-order valence-corrected chi connectivity index (χ1v) is 7.45. The summed E-state index contributed by atoms with van der Waals surface area (Å²) in [5, 5.41) is 4.24. The summed E-state index contributed by atoms with van der Waals surface area (Å²) in [6, 6.07) is 0. The summed E-state index contributed by atoms with van der Waals surface area (Å²) < 4.78 is 6.86. The van der Waals surface area contributed by atoms with E-state index in [1.807, 2.05) is 24.7 Å². The minimum Gasteiger partial charge on any atom is -0.468 e. The van der Waals surface area contributed by atoms with Gasteiger partial charge < -0.3 is 14.6 Å². The molecule has 0 aliphatic heterocycles. The van der Waals surface area contributed by atoms with Crippen LogP contribution in [0.25, 0.3) is 0 Å². The van der Waals surface area contributed by atoms with Gasteiger partial charge in [0.25, 0.3) is 0 Å². The van der Waals surface area contributed by atoms with Gasteiger partial charge in [0, 0.05) is 25.2 Å². The zero-order valence-corrected chi connectivity index (χ0v) is 12.9. The lowest BCUT2D eigenvalue weighted by Gasteiger charge is -2.27. The molecule has 0 aromatic carbocycles. The average Bonchev–Trinajstić information content (AvgIpc) is 2.81. The van der Waals surface area contributed by atoms with Gasteiger partial charge >= 0.3 is 5.97 Å². The lowest BCUT2D eigenvalue weighted by Crippen LogP contribution is -2.50. The lowest BCUT2D eigenvalue weighted by molar-refractivity contribution is -0.148. The minimum absolute atomic E-state index is 0.207. The molecule has 0 fully saturated rings. The van der Waals surface area contributed by atoms with Crippen LogP contribution in [0.3, 0.4) is 0 Å². The Balaban J connectivity index is 2.53. The first kappa shape index (κ1) is 16.0. The molecule has 0 aliphatic rings. The van der Waals surface area contributed by atoms with Crippen LogP contribution in [0.1, 0.15) is 26.7 Å². The Morgan fingerprint density at radius 3 is 2.89 bits per heavy atom. The van der Waals surface area contributed by atoms with Gasteiger partial charge in [0.2, 0.25) is 0 Å². The molecule has 0 saturated heterocycles. The van der Waals surface area contributed by atoms with Crippen LogP contribution in [-0.4, -0.2) is 40.5 Å². The molecule has 1 aromatic heterocycles. The SMILES string of the molecule is CCCNC(C)(CCSc1nccn1C)C(=O)OC. The number of ether oxygens (including phenoxy) is 1. The van der Waals surface area contributed by atoms with Crippen LogP contribution >= 0.6 is 11.8 Å². The first-order valence-electron chi connectivity index (χ1n) is 6.47. The third-order valence-electron chi connectivity index (χ3n) is 3.01. The molecule has 0 saturated carbocycles. The molecule has 1 N–H and O–H groups in total. The molecule has 0 radical (unpaired) electrons. The molecule has 1 rings (SSSR count). The summed E-state index contributed by atoms with van der Waals surface area (Å²) >= 11 is 1.65. The predicted octanol–water partition coefficient (Wildman–Crippen LogP) is 1.83. The summed E-state index contributed by atoms with van der Waals surface area (Å²) in [6.45, 7) is 4.78. The van der Waals surface area contributed by atoms with Gasteiger partial charge in [-0.1, -0.05) is 18.7 Å². The largest absolute Gasteiger partial charge is 0.468 e. The predicted molar refractivity (Wildman–Crippen MR) is 77.3 cm³/mol. The molecule has 1 unspecified atom stereocenters. The fraction of sp³-hybridized carbons (Fsp3) is 0.692. The van der Waals surface area contributed by atoms with E-state index in [0.29, 0.717) is 6.42 Å². The fourth-order valence-corrected chi connectivity index (χ4v) is 2.82. The van der Waals surface area contributed by atoms with Gasteiger partial charge in [0.15, 0.2) is 5.16 Å². The maximum Gasteiger partial charge on any atom is 0.325 e. The number of nitrogens with one attached hydrogen (secondary N) is 1. The van der Waals surface area contributed by atoms with Crippen molar-refractivity contribution in [3.05, 3.63) is 12.4 Å². The van der Waals surface area contributed by atoms with Gasteiger partial charge in [-0.15, -0.1) is 0 Å². The normalized spacial score (nSPS) is 14.1. The van der Waals surface area contributed by atoms with Crippen molar-refractivity contribution < 1.29 is 9.53 Å². The Hall–Kier alpha value is -1.01. The molecule has 1 aromatic rings. The van der Waals surface area contributed by atoms with Crippen molar-refractivity contribution in [2.24, 2.45) is 7.05 Å². The second-order valence-electron chi connectivity index (χ2n) is 4.67. The van der Waals surface area contributed by atoms with Crippen molar-refractivity contribution >= 4 is 17.7 Å². The van der Waals surface area contributed by atoms with E-state index in [9.17, 15) is 4.79 Å². The van der Waals surface area contributed by atoms with E-state index in [0.717, 1.165) is 23.9 Å². The van der Waals surface area contributed by atoms with Crippen molar-refractivity contribution in [3.8, 4) is 0 Å². The molecular formula is C13H23N3O2S. The number of thioether (sulfide) groups is 1. The van der Waals surface area contributed by atoms with Crippen molar-refractivity contribution in [1.29, 1.82) is 0 Å². The Kier molecular flexibility index (Phi) is 6.37. The van der Waals surface area contributed by atoms with Crippen LogP contribution in [0.2, 0.25) is 0 Å². The average molecular weight is 285 g/mol. The zero-order valence-electron chi connectivity index (χ0n) is 12.1. The van der Waals surface area contributed by atoms with Gasteiger partial charge in [0.05, 0.1) is 7.11 Å². The number of aryl methyl sites for hydroxylation is 1. The van der Waals surface area contributed by atoms with E-state index in [-0.39, 0.29) is 5.97 Å². The fourth-order valence-electron chi connectivity index (χ4n) is 1.73. The van der Waals surface area contributed by atoms with Crippen LogP contribution in [0.15, 0.2) is 17.6 Å². The standard InChI is InChI=1S/C13H23N3O2S/c1-5-7-15-13(2,11(17)18-4)6-10-19-12-14-8-9-16(12)3/h8-9,15H,5-7,10H2,1-4H3. The molecule has 108 valence electrons. The number of aromatic nitrogens is 2. The quantitative estimate of drug-likeness (QED) is 0.583. The molecule has 19 heavy (non-hydrogen) atoms. The van der Waals surface area contributed by atoms with Crippen LogP contribution < -0.4 is 5.32 Å². The van der Waals surface area contributed by atoms with E-state index >= 15 is 0 Å². The summed E-state index contributed by atoms with van der Waals surface area (Å²) in [7, 11) is 3.39. The number of esters is 1. The monoisotopic (exact) mass is 285 g/mol. The Morgan fingerprint density at radius 2 is 2.37 bits per heavy atom. The molecule has 0 spiro atoms. The second-order valence-corrected chi connectivity index (χ2v) is 5.73. The smallest absolute Gasteiger partial charge is 0.325 e. The molecule has 1 atom stereocenters. The first-order chi connectivity index (χ1) is 9.03. The summed E-state index contributed by atoms with van der Waals surface area (Å²) in [4.78, 5) is 16.1. The molecule has 5 nitrogen and oxygen atoms in total. The van der Waals surface area contributed by atoms with Crippen LogP contribution in [0, 0.1) is 0 Å². The lowest BCUT2D eigenvalue weighted by atomic mass is 9.99. The van der Waals surface area contributed by atoms with Gasteiger partial charge in [-0.3, -0.25) is 4.79 Å². The van der Waals surface area contributed by atoms with E-state index in [1.165, 1.54) is 7.11 Å².